The molecule has 2 aromatic heterocycles. The van der Waals surface area contributed by atoms with Crippen molar-refractivity contribution in [3.8, 4) is 0 Å². The lowest BCUT2D eigenvalue weighted by Crippen LogP contribution is -2.36. The van der Waals surface area contributed by atoms with Crippen LogP contribution in [0.4, 0.5) is 0 Å². The van der Waals surface area contributed by atoms with Gasteiger partial charge in [0.2, 0.25) is 5.91 Å². The lowest BCUT2D eigenvalue weighted by atomic mass is 10.2. The fraction of sp³-hybridized carbons (Fsp3) is 0.650. The molecule has 7 nitrogen and oxygen atoms in total. The van der Waals surface area contributed by atoms with E-state index in [4.69, 9.17) is 4.98 Å². The van der Waals surface area contributed by atoms with Crippen LogP contribution in [0, 0.1) is 6.92 Å². The number of amides is 1. The Labute approximate surface area is 160 Å². The molecule has 0 radical (unpaired) electrons. The third kappa shape index (κ3) is 3.93. The molecule has 1 fully saturated rings. The summed E-state index contributed by atoms with van der Waals surface area (Å²) < 4.78 is 4.18. The summed E-state index contributed by atoms with van der Waals surface area (Å²) >= 11 is 0. The predicted molar refractivity (Wildman–Crippen MR) is 103 cm³/mol. The Hall–Kier alpha value is -2.15. The van der Waals surface area contributed by atoms with E-state index in [1.54, 1.807) is 0 Å². The first-order chi connectivity index (χ1) is 13.0. The van der Waals surface area contributed by atoms with Gasteiger partial charge in [-0.2, -0.15) is 5.10 Å². The minimum atomic E-state index is 0.104. The van der Waals surface area contributed by atoms with Gasteiger partial charge in [0.15, 0.2) is 0 Å². The second kappa shape index (κ2) is 7.46. The second-order valence-electron chi connectivity index (χ2n) is 8.06. The summed E-state index contributed by atoms with van der Waals surface area (Å²) in [6, 6.07) is 2.74. The lowest BCUT2D eigenvalue weighted by Gasteiger charge is -2.33. The van der Waals surface area contributed by atoms with E-state index in [1.165, 1.54) is 18.5 Å². The van der Waals surface area contributed by atoms with Gasteiger partial charge in [0.05, 0.1) is 29.5 Å². The Balaban J connectivity index is 1.41. The number of carbonyl (C=O) groups is 1. The van der Waals surface area contributed by atoms with Crippen molar-refractivity contribution < 1.29 is 4.79 Å². The van der Waals surface area contributed by atoms with E-state index in [1.807, 2.05) is 18.7 Å². The quantitative estimate of drug-likeness (QED) is 0.875. The summed E-state index contributed by atoms with van der Waals surface area (Å²) in [4.78, 5) is 19.6. The van der Waals surface area contributed by atoms with Gasteiger partial charge in [-0.25, -0.2) is 4.98 Å². The van der Waals surface area contributed by atoms with Gasteiger partial charge in [-0.3, -0.25) is 14.4 Å². The maximum Gasteiger partial charge on any atom is 0.226 e. The van der Waals surface area contributed by atoms with Gasteiger partial charge in [-0.1, -0.05) is 12.8 Å². The number of imidazole rings is 1. The van der Waals surface area contributed by atoms with Crippen molar-refractivity contribution in [1.29, 1.82) is 0 Å². The highest BCUT2D eigenvalue weighted by molar-refractivity contribution is 5.78. The van der Waals surface area contributed by atoms with Crippen molar-refractivity contribution in [2.24, 2.45) is 7.05 Å². The fourth-order valence-corrected chi connectivity index (χ4v) is 4.43. The molecule has 0 saturated heterocycles. The van der Waals surface area contributed by atoms with E-state index in [0.29, 0.717) is 12.5 Å². The topological polar surface area (TPSA) is 68.0 Å². The van der Waals surface area contributed by atoms with Crippen LogP contribution in [-0.2, 0) is 31.4 Å². The minimum absolute atomic E-state index is 0.104. The van der Waals surface area contributed by atoms with Crippen LogP contribution in [0.25, 0.3) is 0 Å². The summed E-state index contributed by atoms with van der Waals surface area (Å²) in [5, 5.41) is 7.61. The molecule has 2 aromatic rings. The van der Waals surface area contributed by atoms with E-state index < -0.39 is 0 Å². The van der Waals surface area contributed by atoms with Gasteiger partial charge >= 0.3 is 0 Å². The zero-order valence-electron chi connectivity index (χ0n) is 16.6. The molecule has 7 heteroatoms. The van der Waals surface area contributed by atoms with Crippen LogP contribution in [0.1, 0.15) is 61.6 Å². The van der Waals surface area contributed by atoms with Crippen molar-refractivity contribution in [3.05, 3.63) is 35.2 Å². The SMILES string of the molecule is Cc1cc(CN2CCn3cc(CC(=O)NC4CCCC4)nc3[C@H]2C)n(C)n1. The van der Waals surface area contributed by atoms with Gasteiger partial charge in [-0.15, -0.1) is 0 Å². The first-order valence-electron chi connectivity index (χ1n) is 10.1. The van der Waals surface area contributed by atoms with Crippen LogP contribution in [0.15, 0.2) is 12.3 Å². The molecule has 1 amide bonds. The maximum absolute atomic E-state index is 12.3. The lowest BCUT2D eigenvalue weighted by molar-refractivity contribution is -0.121. The van der Waals surface area contributed by atoms with E-state index >= 15 is 0 Å². The Morgan fingerprint density at radius 2 is 2.07 bits per heavy atom. The van der Waals surface area contributed by atoms with Gasteiger partial charge in [0, 0.05) is 38.9 Å². The minimum Gasteiger partial charge on any atom is -0.353 e. The molecule has 1 aliphatic carbocycles. The van der Waals surface area contributed by atoms with E-state index in [9.17, 15) is 4.79 Å². The zero-order chi connectivity index (χ0) is 19.0. The van der Waals surface area contributed by atoms with E-state index in [-0.39, 0.29) is 11.9 Å². The average Bonchev–Trinajstić information content (AvgIpc) is 3.32. The molecule has 0 spiro atoms. The molecule has 146 valence electrons. The maximum atomic E-state index is 12.3. The number of aryl methyl sites for hydroxylation is 2. The predicted octanol–water partition coefficient (Wildman–Crippen LogP) is 2.10. The number of nitrogens with one attached hydrogen (secondary N) is 1. The highest BCUT2D eigenvalue weighted by Gasteiger charge is 2.27. The molecular formula is C20H30N6O. The monoisotopic (exact) mass is 370 g/mol. The van der Waals surface area contributed by atoms with Gasteiger partial charge < -0.3 is 9.88 Å². The number of aromatic nitrogens is 4. The number of hydrogen-bond acceptors (Lipinski definition) is 4. The molecule has 0 unspecified atom stereocenters. The van der Waals surface area contributed by atoms with Crippen LogP contribution in [-0.4, -0.2) is 42.7 Å². The second-order valence-corrected chi connectivity index (χ2v) is 8.06. The molecule has 27 heavy (non-hydrogen) atoms. The Morgan fingerprint density at radius 1 is 1.30 bits per heavy atom. The molecule has 4 rings (SSSR count). The summed E-state index contributed by atoms with van der Waals surface area (Å²) in [6.07, 6.45) is 7.13. The van der Waals surface area contributed by atoms with Crippen molar-refractivity contribution in [2.75, 3.05) is 6.54 Å². The van der Waals surface area contributed by atoms with E-state index in [2.05, 4.69) is 39.1 Å². The molecule has 3 heterocycles. The number of rotatable bonds is 5. The fourth-order valence-electron chi connectivity index (χ4n) is 4.43. The van der Waals surface area contributed by atoms with Crippen LogP contribution < -0.4 is 5.32 Å². The molecular weight excluding hydrogens is 340 g/mol. The first-order valence-corrected chi connectivity index (χ1v) is 10.1. The molecule has 0 aromatic carbocycles. The number of carbonyl (C=O) groups excluding carboxylic acids is 1. The number of hydrogen-bond donors (Lipinski definition) is 1. The average molecular weight is 371 g/mol. The van der Waals surface area contributed by atoms with Crippen molar-refractivity contribution in [1.82, 2.24) is 29.5 Å². The third-order valence-electron chi connectivity index (χ3n) is 5.93. The summed E-state index contributed by atoms with van der Waals surface area (Å²) in [5.74, 6) is 1.16. The Kier molecular flexibility index (Phi) is 5.04. The number of fused-ring (bicyclic) bond motifs is 1. The van der Waals surface area contributed by atoms with Crippen LogP contribution >= 0.6 is 0 Å². The molecule has 1 N–H and O–H groups in total. The molecule has 1 saturated carbocycles. The largest absolute Gasteiger partial charge is 0.353 e. The van der Waals surface area contributed by atoms with Crippen LogP contribution in [0.5, 0.6) is 0 Å². The van der Waals surface area contributed by atoms with Gasteiger partial charge in [0.1, 0.15) is 5.82 Å². The molecule has 1 atom stereocenters. The summed E-state index contributed by atoms with van der Waals surface area (Å²) in [6.45, 7) is 6.97. The van der Waals surface area contributed by atoms with Gasteiger partial charge in [0.25, 0.3) is 0 Å². The normalized spacial score (nSPS) is 20.8. The highest BCUT2D eigenvalue weighted by atomic mass is 16.1. The van der Waals surface area contributed by atoms with Crippen molar-refractivity contribution in [3.63, 3.8) is 0 Å². The summed E-state index contributed by atoms with van der Waals surface area (Å²) in [5.41, 5.74) is 3.15. The first kappa shape index (κ1) is 18.2. The van der Waals surface area contributed by atoms with Crippen LogP contribution in [0.3, 0.4) is 0 Å². The Morgan fingerprint density at radius 3 is 2.78 bits per heavy atom. The molecule has 1 aliphatic heterocycles. The Bertz CT molecular complexity index is 817. The third-order valence-corrected chi connectivity index (χ3v) is 5.93. The smallest absolute Gasteiger partial charge is 0.226 e. The van der Waals surface area contributed by atoms with Crippen LogP contribution in [0.2, 0.25) is 0 Å². The standard InChI is InChI=1S/C20H30N6O/c1-14-10-18(24(3)23-14)13-25-8-9-26-12-17(22-20(26)15(25)2)11-19(27)21-16-6-4-5-7-16/h10,12,15-16H,4-9,11,13H2,1-3H3,(H,21,27)/t15-/m1/s1. The molecule has 2 aliphatic rings. The number of nitrogens with zero attached hydrogens (tertiary/aromatic N) is 5. The highest BCUT2D eigenvalue weighted by Crippen LogP contribution is 2.26. The van der Waals surface area contributed by atoms with E-state index in [0.717, 1.165) is 49.7 Å². The van der Waals surface area contributed by atoms with Crippen molar-refractivity contribution >= 4 is 5.91 Å². The van der Waals surface area contributed by atoms with Gasteiger partial charge in [-0.05, 0) is 32.8 Å². The molecule has 0 bridgehead atoms. The van der Waals surface area contributed by atoms with Crippen molar-refractivity contribution in [2.45, 2.75) is 71.1 Å². The zero-order valence-corrected chi connectivity index (χ0v) is 16.6. The summed E-state index contributed by atoms with van der Waals surface area (Å²) in [7, 11) is 2.00.